The lowest BCUT2D eigenvalue weighted by atomic mass is 10.1. The van der Waals surface area contributed by atoms with Crippen molar-refractivity contribution >= 4 is 23.5 Å². The summed E-state index contributed by atoms with van der Waals surface area (Å²) >= 11 is 0. The molecule has 294 valence electrons. The Morgan fingerprint density at radius 3 is 1.47 bits per heavy atom. The molecule has 0 aliphatic heterocycles. The van der Waals surface area contributed by atoms with Crippen LogP contribution in [-0.4, -0.2) is 44.3 Å². The minimum atomic E-state index is -4.72. The van der Waals surface area contributed by atoms with Crippen molar-refractivity contribution in [2.45, 2.75) is 83.2 Å². The number of anilines is 1. The van der Waals surface area contributed by atoms with Gasteiger partial charge in [0.25, 0.3) is 5.91 Å². The van der Waals surface area contributed by atoms with Gasteiger partial charge in [-0.1, -0.05) is 76.4 Å². The molecule has 8 nitrogen and oxygen atoms in total. The Hall–Kier alpha value is -5.50. The van der Waals surface area contributed by atoms with Crippen LogP contribution in [0.3, 0.4) is 0 Å². The Balaban J connectivity index is 1.40. The topological polar surface area (TPSA) is 100 Å². The van der Waals surface area contributed by atoms with Crippen molar-refractivity contribution in [1.29, 1.82) is 0 Å². The zero-order valence-corrected chi connectivity index (χ0v) is 31.2. The number of amides is 1. The van der Waals surface area contributed by atoms with Gasteiger partial charge < -0.3 is 24.3 Å². The van der Waals surface area contributed by atoms with Crippen LogP contribution in [0, 0.1) is 11.8 Å². The molecule has 0 spiro atoms. The van der Waals surface area contributed by atoms with E-state index < -0.39 is 29.6 Å². The van der Waals surface area contributed by atoms with Crippen molar-refractivity contribution in [2.75, 3.05) is 31.7 Å². The predicted octanol–water partition coefficient (Wildman–Crippen LogP) is 10.3. The Morgan fingerprint density at radius 2 is 1.00 bits per heavy atom. The van der Waals surface area contributed by atoms with Crippen LogP contribution in [0.2, 0.25) is 0 Å². The summed E-state index contributed by atoms with van der Waals surface area (Å²) < 4.78 is 63.6. The molecule has 1 N–H and O–H groups in total. The van der Waals surface area contributed by atoms with Crippen LogP contribution in [-0.2, 0) is 25.2 Å². The molecule has 11 heteroatoms. The first-order valence-electron chi connectivity index (χ1n) is 18.7. The minimum Gasteiger partial charge on any atom is -0.494 e. The summed E-state index contributed by atoms with van der Waals surface area (Å²) in [5.74, 6) is 5.43. The number of hydrogen-bond donors (Lipinski definition) is 1. The number of carbonyl (C=O) groups is 3. The minimum absolute atomic E-state index is 0.150. The number of ether oxygens (including phenoxy) is 4. The van der Waals surface area contributed by atoms with E-state index >= 15 is 0 Å². The number of benzene rings is 3. The second kappa shape index (κ2) is 24.7. The highest BCUT2D eigenvalue weighted by atomic mass is 19.4. The predicted molar refractivity (Wildman–Crippen MR) is 207 cm³/mol. The first-order valence-corrected chi connectivity index (χ1v) is 18.7. The molecule has 3 aromatic rings. The summed E-state index contributed by atoms with van der Waals surface area (Å²) in [5, 5.41) is 2.39. The van der Waals surface area contributed by atoms with Crippen LogP contribution in [0.15, 0.2) is 92.0 Å². The largest absolute Gasteiger partial charge is 0.494 e. The molecule has 0 aliphatic carbocycles. The van der Waals surface area contributed by atoms with Gasteiger partial charge in [0.2, 0.25) is 0 Å². The van der Waals surface area contributed by atoms with Gasteiger partial charge in [0, 0.05) is 28.8 Å². The SMILES string of the molecule is C=CC(=O)OCCCCCCCCOc1ccc(C#Cc2ccc(NC(=O)c3ccc(OCCCCCCCCOC(=O)C=C)cc3)c(C(F)(F)F)c2)cc1. The Kier molecular flexibility index (Phi) is 19.8. The fourth-order valence-electron chi connectivity index (χ4n) is 5.31. The number of hydrogen-bond acceptors (Lipinski definition) is 7. The number of alkyl halides is 3. The summed E-state index contributed by atoms with van der Waals surface area (Å²) in [4.78, 5) is 34.9. The monoisotopic (exact) mass is 761 g/mol. The summed E-state index contributed by atoms with van der Waals surface area (Å²) in [5.41, 5.74) is -0.415. The Morgan fingerprint density at radius 1 is 0.582 bits per heavy atom. The molecule has 0 heterocycles. The van der Waals surface area contributed by atoms with Gasteiger partial charge >= 0.3 is 18.1 Å². The third-order valence-electron chi connectivity index (χ3n) is 8.33. The maximum Gasteiger partial charge on any atom is 0.418 e. The van der Waals surface area contributed by atoms with Crippen LogP contribution in [0.25, 0.3) is 0 Å². The summed E-state index contributed by atoms with van der Waals surface area (Å²) in [6.07, 6.45) is 9.09. The van der Waals surface area contributed by atoms with Gasteiger partial charge in [-0.2, -0.15) is 13.2 Å². The standard InChI is InChI=1S/C44H50F3NO7/c1-3-41(49)54-31-15-11-7-5-9-13-29-52-37-24-19-34(20-25-37)17-18-35-21-28-40(39(33-35)44(45,46)47)48-43(51)36-22-26-38(27-23-36)53-30-14-10-6-8-12-16-32-55-42(50)4-2/h3-4,19-28,33H,1-2,5-16,29-32H2,(H,48,51). The number of carbonyl (C=O) groups excluding carboxylic acids is 3. The first-order chi connectivity index (χ1) is 26.6. The highest BCUT2D eigenvalue weighted by molar-refractivity contribution is 6.04. The fraction of sp³-hybridized carbons (Fsp3) is 0.386. The van der Waals surface area contributed by atoms with E-state index in [4.69, 9.17) is 18.9 Å². The molecule has 3 rings (SSSR count). The highest BCUT2D eigenvalue weighted by Crippen LogP contribution is 2.36. The van der Waals surface area contributed by atoms with E-state index in [1.54, 1.807) is 36.4 Å². The molecule has 0 saturated heterocycles. The second-order valence-corrected chi connectivity index (χ2v) is 12.7. The molecular weight excluding hydrogens is 711 g/mol. The van der Waals surface area contributed by atoms with E-state index in [2.05, 4.69) is 30.3 Å². The van der Waals surface area contributed by atoms with E-state index in [9.17, 15) is 27.6 Å². The number of nitrogens with one attached hydrogen (secondary N) is 1. The Labute approximate surface area is 322 Å². The molecular formula is C44H50F3NO7. The van der Waals surface area contributed by atoms with Crippen LogP contribution in [0.5, 0.6) is 11.5 Å². The first kappa shape index (κ1) is 43.9. The lowest BCUT2D eigenvalue weighted by molar-refractivity contribution is -0.138. The maximum absolute atomic E-state index is 14.0. The van der Waals surface area contributed by atoms with Gasteiger partial charge in [-0.25, -0.2) is 9.59 Å². The van der Waals surface area contributed by atoms with E-state index in [1.165, 1.54) is 24.3 Å². The van der Waals surface area contributed by atoms with Gasteiger partial charge in [-0.05, 0) is 92.4 Å². The zero-order chi connectivity index (χ0) is 39.7. The fourth-order valence-corrected chi connectivity index (χ4v) is 5.31. The molecule has 1 amide bonds. The van der Waals surface area contributed by atoms with Crippen molar-refractivity contribution in [2.24, 2.45) is 0 Å². The molecule has 0 aromatic heterocycles. The normalized spacial score (nSPS) is 10.7. The summed E-state index contributed by atoms with van der Waals surface area (Å²) in [6.45, 7) is 8.59. The highest BCUT2D eigenvalue weighted by Gasteiger charge is 2.34. The number of rotatable bonds is 24. The molecule has 0 radical (unpaired) electrons. The molecule has 0 unspecified atom stereocenters. The molecule has 0 saturated carbocycles. The van der Waals surface area contributed by atoms with Crippen molar-refractivity contribution in [3.63, 3.8) is 0 Å². The molecule has 0 atom stereocenters. The van der Waals surface area contributed by atoms with E-state index in [1.807, 2.05) is 0 Å². The van der Waals surface area contributed by atoms with Gasteiger partial charge in [0.1, 0.15) is 11.5 Å². The van der Waals surface area contributed by atoms with Crippen molar-refractivity contribution in [3.05, 3.63) is 114 Å². The number of esters is 2. The van der Waals surface area contributed by atoms with Gasteiger partial charge in [0.15, 0.2) is 0 Å². The second-order valence-electron chi connectivity index (χ2n) is 12.7. The van der Waals surface area contributed by atoms with Crippen LogP contribution in [0.4, 0.5) is 18.9 Å². The lowest BCUT2D eigenvalue weighted by Gasteiger charge is -2.14. The smallest absolute Gasteiger partial charge is 0.418 e. The third kappa shape index (κ3) is 17.9. The van der Waals surface area contributed by atoms with Crippen LogP contribution < -0.4 is 14.8 Å². The molecule has 0 fully saturated rings. The van der Waals surface area contributed by atoms with Crippen molar-refractivity contribution < 1.29 is 46.5 Å². The zero-order valence-electron chi connectivity index (χ0n) is 31.2. The lowest BCUT2D eigenvalue weighted by Crippen LogP contribution is -2.17. The molecule has 0 bridgehead atoms. The maximum atomic E-state index is 14.0. The van der Waals surface area contributed by atoms with E-state index in [-0.39, 0.29) is 16.8 Å². The summed E-state index contributed by atoms with van der Waals surface area (Å²) in [6, 6.07) is 16.8. The average molecular weight is 762 g/mol. The average Bonchev–Trinajstić information content (AvgIpc) is 3.18. The van der Waals surface area contributed by atoms with Crippen LogP contribution in [0.1, 0.15) is 104 Å². The molecule has 3 aromatic carbocycles. The quantitative estimate of drug-likeness (QED) is 0.0420. The van der Waals surface area contributed by atoms with Crippen molar-refractivity contribution in [1.82, 2.24) is 0 Å². The van der Waals surface area contributed by atoms with Crippen LogP contribution >= 0.6 is 0 Å². The Bertz CT molecular complexity index is 1730. The van der Waals surface area contributed by atoms with E-state index in [0.29, 0.717) is 43.5 Å². The third-order valence-corrected chi connectivity index (χ3v) is 8.33. The molecule has 0 aliphatic rings. The summed E-state index contributed by atoms with van der Waals surface area (Å²) in [7, 11) is 0. The number of halogens is 3. The number of unbranched alkanes of at least 4 members (excludes halogenated alkanes) is 10. The van der Waals surface area contributed by atoms with Gasteiger partial charge in [0.05, 0.1) is 37.7 Å². The van der Waals surface area contributed by atoms with E-state index in [0.717, 1.165) is 95.3 Å². The van der Waals surface area contributed by atoms with Gasteiger partial charge in [-0.3, -0.25) is 4.79 Å². The van der Waals surface area contributed by atoms with Gasteiger partial charge in [-0.15, -0.1) is 0 Å². The van der Waals surface area contributed by atoms with Crippen molar-refractivity contribution in [3.8, 4) is 23.3 Å². The molecule has 55 heavy (non-hydrogen) atoms.